The molecule has 0 unspecified atom stereocenters. The summed E-state index contributed by atoms with van der Waals surface area (Å²) in [6.45, 7) is 20.2. The van der Waals surface area contributed by atoms with Crippen molar-refractivity contribution < 1.29 is 4.11 Å². The molecule has 18 aromatic carbocycles. The Balaban J connectivity index is 0.900. The van der Waals surface area contributed by atoms with Crippen molar-refractivity contribution >= 4 is 154 Å². The standard InChI is InChI=1S/C114H87BN4S/c1-112(2,3)81-62-89(72-35-20-12-21-36-72)108(90(63-81)73-37-22-13-23-38-73)118-100-68-84(117-97-46-29-28-45-86(97)95-61-80-48-47-76-43-30-44-77-49-54-88(107(95)117)105(80)104(76)77)53-56-96(100)115-106-101(118)66-83(114(7,8)9)67-102(106)119(109-91(74-39-24-14-25-40-74)64-82(113(4,5)6)65-92(109)75-41-26-15-27-42-75)110-87-55-52-85(69-103(87)120-111(110)115)116-98-57-50-78(70-31-16-10-17-32-70)59-93(98)94-60-79(51-58-99(94)116)71-33-18-11-19-34-71/h10-69H,1-9H3/i53D,56D,68D. The highest BCUT2D eigenvalue weighted by atomic mass is 32.1. The van der Waals surface area contributed by atoms with Gasteiger partial charge in [0.05, 0.1) is 43.2 Å². The van der Waals surface area contributed by atoms with E-state index in [0.29, 0.717) is 16.8 Å². The number of nitrogens with zero attached hydrogens (tertiary/aromatic N) is 4. The lowest BCUT2D eigenvalue weighted by molar-refractivity contribution is 0.590. The topological polar surface area (TPSA) is 16.3 Å². The molecule has 0 saturated heterocycles. The molecule has 0 radical (unpaired) electrons. The summed E-state index contributed by atoms with van der Waals surface area (Å²) in [6.07, 6.45) is 0. The molecule has 0 N–H and O–H groups in total. The van der Waals surface area contributed by atoms with E-state index < -0.39 is 12.1 Å². The molecule has 4 nitrogen and oxygen atoms in total. The quantitative estimate of drug-likeness (QED) is 0.100. The molecule has 0 spiro atoms. The van der Waals surface area contributed by atoms with Crippen molar-refractivity contribution in [3.63, 3.8) is 0 Å². The van der Waals surface area contributed by atoms with E-state index in [1.165, 1.54) is 10.9 Å². The number of fused-ring (bicyclic) bond motifs is 13. The van der Waals surface area contributed by atoms with Crippen LogP contribution >= 0.6 is 11.3 Å². The van der Waals surface area contributed by atoms with Crippen LogP contribution in [0, 0.1) is 0 Å². The largest absolute Gasteiger partial charge is 0.310 e. The smallest absolute Gasteiger partial charge is 0.264 e. The van der Waals surface area contributed by atoms with Crippen molar-refractivity contribution in [1.82, 2.24) is 9.13 Å². The first-order valence-electron chi connectivity index (χ1n) is 43.6. The lowest BCUT2D eigenvalue weighted by atomic mass is 9.36. The molecule has 2 aliphatic rings. The fourth-order valence-electron chi connectivity index (χ4n) is 19.8. The molecule has 572 valence electrons. The molecule has 0 amide bonds. The summed E-state index contributed by atoms with van der Waals surface area (Å²) in [5.74, 6) is 0. The van der Waals surface area contributed by atoms with Crippen LogP contribution < -0.4 is 25.5 Å². The predicted molar refractivity (Wildman–Crippen MR) is 517 cm³/mol. The van der Waals surface area contributed by atoms with Crippen molar-refractivity contribution in [3.8, 4) is 78.1 Å². The highest BCUT2D eigenvalue weighted by Gasteiger charge is 2.48. The number of hydrogen-bond acceptors (Lipinski definition) is 3. The second-order valence-corrected chi connectivity index (χ2v) is 37.2. The third-order valence-electron chi connectivity index (χ3n) is 25.7. The second kappa shape index (κ2) is 26.9. The molecule has 0 bridgehead atoms. The highest BCUT2D eigenvalue weighted by molar-refractivity contribution is 7.33. The highest BCUT2D eigenvalue weighted by Crippen LogP contribution is 2.58. The molecule has 0 atom stereocenters. The number of aromatic nitrogens is 2. The molecule has 6 heteroatoms. The molecule has 0 aliphatic carbocycles. The minimum atomic E-state index is -0.711. The summed E-state index contributed by atoms with van der Waals surface area (Å²) in [5, 5.41) is 12.2. The zero-order valence-corrected chi connectivity index (χ0v) is 69.5. The third kappa shape index (κ3) is 11.2. The van der Waals surface area contributed by atoms with E-state index in [1.807, 2.05) is 0 Å². The average molecular weight is 1560 g/mol. The van der Waals surface area contributed by atoms with Crippen molar-refractivity contribution in [2.45, 2.75) is 78.6 Å². The Labute approximate surface area is 709 Å². The Morgan fingerprint density at radius 1 is 0.292 bits per heavy atom. The summed E-state index contributed by atoms with van der Waals surface area (Å²) in [7, 11) is 0. The van der Waals surface area contributed by atoms with Crippen molar-refractivity contribution in [2.24, 2.45) is 0 Å². The summed E-state index contributed by atoms with van der Waals surface area (Å²) >= 11 is 1.79. The van der Waals surface area contributed by atoms with Crippen molar-refractivity contribution in [1.29, 1.82) is 0 Å². The first-order chi connectivity index (χ1) is 59.7. The number of anilines is 6. The first-order valence-corrected chi connectivity index (χ1v) is 42.9. The van der Waals surface area contributed by atoms with Gasteiger partial charge in [-0.15, -0.1) is 11.3 Å². The van der Waals surface area contributed by atoms with Gasteiger partial charge in [0.25, 0.3) is 6.71 Å². The van der Waals surface area contributed by atoms with Gasteiger partial charge >= 0.3 is 0 Å². The van der Waals surface area contributed by atoms with Crippen LogP contribution in [0.5, 0.6) is 0 Å². The number of thiophene rings is 1. The Hall–Kier alpha value is -13.8. The van der Waals surface area contributed by atoms with Gasteiger partial charge in [-0.1, -0.05) is 323 Å². The molecule has 120 heavy (non-hydrogen) atoms. The summed E-state index contributed by atoms with van der Waals surface area (Å²) in [4.78, 5) is 5.11. The Morgan fingerprint density at radius 3 is 1.25 bits per heavy atom. The van der Waals surface area contributed by atoms with Crippen LogP contribution in [0.15, 0.2) is 364 Å². The van der Waals surface area contributed by atoms with Gasteiger partial charge in [-0.05, 0) is 218 Å². The van der Waals surface area contributed by atoms with E-state index >= 15 is 0 Å². The lowest BCUT2D eigenvalue weighted by Crippen LogP contribution is -2.60. The van der Waals surface area contributed by atoms with E-state index in [0.717, 1.165) is 203 Å². The summed E-state index contributed by atoms with van der Waals surface area (Å²) in [6, 6.07) is 128. The van der Waals surface area contributed by atoms with Crippen LogP contribution in [0.2, 0.25) is 0 Å². The molecular weight excluding hydrogens is 1470 g/mol. The Bertz CT molecular complexity index is 7720. The minimum absolute atomic E-state index is 0.0157. The van der Waals surface area contributed by atoms with Crippen molar-refractivity contribution in [3.05, 3.63) is 381 Å². The zero-order valence-electron chi connectivity index (χ0n) is 71.7. The van der Waals surface area contributed by atoms with Gasteiger partial charge in [-0.25, -0.2) is 0 Å². The van der Waals surface area contributed by atoms with Crippen molar-refractivity contribution in [2.75, 3.05) is 9.80 Å². The fourth-order valence-corrected chi connectivity index (χ4v) is 21.1. The lowest BCUT2D eigenvalue weighted by Gasteiger charge is -2.46. The van der Waals surface area contributed by atoms with Crippen LogP contribution in [0.4, 0.5) is 34.1 Å². The van der Waals surface area contributed by atoms with E-state index in [2.05, 4.69) is 427 Å². The van der Waals surface area contributed by atoms with Crippen LogP contribution in [-0.2, 0) is 16.2 Å². The van der Waals surface area contributed by atoms with Gasteiger partial charge in [-0.2, -0.15) is 0 Å². The van der Waals surface area contributed by atoms with Gasteiger partial charge in [0, 0.05) is 92.5 Å². The molecule has 5 heterocycles. The SMILES string of the molecule is [2H]c1c([2H])c(-n2c3ccccc3c3cc4ccc5cccc6ccc(c4c56)c32)c([2H])c2c1B1c3sc4cc(-n5c6ccc(-c7ccccc7)cc6c6cc(-c7ccccc7)ccc65)ccc4c3N(c3c(-c4ccccc4)cc(C(C)(C)C)cc3-c3ccccc3)c3cc(C(C)(C)C)cc(c31)N2c1c(-c2ccccc2)cc(C(C)(C)C)cc1-c1ccccc1. The van der Waals surface area contributed by atoms with Gasteiger partial charge in [0.15, 0.2) is 0 Å². The molecule has 23 rings (SSSR count). The average Bonchev–Trinajstić information content (AvgIpc) is 1.66. The maximum absolute atomic E-state index is 12.2. The number of para-hydroxylation sites is 1. The summed E-state index contributed by atoms with van der Waals surface area (Å²) in [5.41, 5.74) is 27.7. The molecule has 2 aliphatic heterocycles. The monoisotopic (exact) mass is 1560 g/mol. The predicted octanol–water partition coefficient (Wildman–Crippen LogP) is 30.0. The number of benzene rings is 18. The fraction of sp³-hybridized carbons (Fsp3) is 0.105. The molecular formula is C114H87BN4S. The maximum Gasteiger partial charge on any atom is 0.264 e. The molecule has 3 aromatic heterocycles. The van der Waals surface area contributed by atoms with Crippen LogP contribution in [0.25, 0.3) is 164 Å². The zero-order chi connectivity index (χ0) is 83.4. The molecule has 21 aromatic rings. The van der Waals surface area contributed by atoms with Crippen LogP contribution in [-0.4, -0.2) is 15.8 Å². The van der Waals surface area contributed by atoms with E-state index in [9.17, 15) is 4.11 Å². The third-order valence-corrected chi connectivity index (χ3v) is 26.9. The minimum Gasteiger partial charge on any atom is -0.310 e. The number of hydrogen-bond donors (Lipinski definition) is 0. The first kappa shape index (κ1) is 68.3. The number of rotatable bonds is 10. The molecule has 0 fully saturated rings. The van der Waals surface area contributed by atoms with Gasteiger partial charge in [-0.3, -0.25) is 0 Å². The van der Waals surface area contributed by atoms with Gasteiger partial charge in [0.1, 0.15) is 0 Å². The van der Waals surface area contributed by atoms with E-state index in [4.69, 9.17) is 0 Å². The molecule has 0 saturated carbocycles. The Kier molecular flexibility index (Phi) is 15.3. The van der Waals surface area contributed by atoms with Gasteiger partial charge < -0.3 is 18.9 Å². The normalized spacial score (nSPS) is 13.3. The van der Waals surface area contributed by atoms with Crippen LogP contribution in [0.1, 0.15) is 83.1 Å². The second-order valence-electron chi connectivity index (χ2n) is 36.1. The maximum atomic E-state index is 12.2. The van der Waals surface area contributed by atoms with Crippen LogP contribution in [0.3, 0.4) is 0 Å². The van der Waals surface area contributed by atoms with E-state index in [-0.39, 0.29) is 29.0 Å². The van der Waals surface area contributed by atoms with Gasteiger partial charge in [0.2, 0.25) is 0 Å². The summed E-state index contributed by atoms with van der Waals surface area (Å²) < 4.78 is 42.3. The van der Waals surface area contributed by atoms with E-state index in [1.54, 1.807) is 11.3 Å². The Morgan fingerprint density at radius 2 is 0.733 bits per heavy atom.